The fourth-order valence-electron chi connectivity index (χ4n) is 1.01. The van der Waals surface area contributed by atoms with Gasteiger partial charge in [-0.1, -0.05) is 20.4 Å². The quantitative estimate of drug-likeness (QED) is 0.771. The number of hydrogen-bond donors (Lipinski definition) is 0. The highest BCUT2D eigenvalue weighted by Crippen LogP contribution is 2.19. The molecule has 0 aliphatic rings. The predicted molar refractivity (Wildman–Crippen MR) is 67.5 cm³/mol. The van der Waals surface area contributed by atoms with Crippen molar-refractivity contribution in [3.05, 3.63) is 40.0 Å². The van der Waals surface area contributed by atoms with Crippen LogP contribution in [-0.2, 0) is 0 Å². The summed E-state index contributed by atoms with van der Waals surface area (Å²) in [5, 5.41) is 0. The molecule has 0 unspecified atom stereocenters. The zero-order valence-electron chi connectivity index (χ0n) is 8.51. The highest BCUT2D eigenvalue weighted by molar-refractivity contribution is 14.1. The lowest BCUT2D eigenvalue weighted by atomic mass is 10.2. The van der Waals surface area contributed by atoms with Crippen molar-refractivity contribution < 1.29 is 4.74 Å². The van der Waals surface area contributed by atoms with Crippen LogP contribution in [0, 0.1) is 15.6 Å². The molecule has 0 amide bonds. The predicted octanol–water partition coefficient (Wildman–Crippen LogP) is 3.66. The molecule has 0 bridgehead atoms. The fourth-order valence-corrected chi connectivity index (χ4v) is 1.65. The van der Waals surface area contributed by atoms with Crippen molar-refractivity contribution in [3.63, 3.8) is 0 Å². The molecule has 0 spiro atoms. The van der Waals surface area contributed by atoms with Crippen LogP contribution in [0.3, 0.4) is 0 Å². The van der Waals surface area contributed by atoms with Crippen LogP contribution < -0.4 is 4.74 Å². The minimum Gasteiger partial charge on any atom is -0.493 e. The van der Waals surface area contributed by atoms with Crippen LogP contribution in [-0.4, -0.2) is 6.61 Å². The molecule has 75 valence electrons. The van der Waals surface area contributed by atoms with Crippen molar-refractivity contribution in [2.75, 3.05) is 6.61 Å². The summed E-state index contributed by atoms with van der Waals surface area (Å²) in [6.07, 6.45) is 2.86. The van der Waals surface area contributed by atoms with Gasteiger partial charge in [0.1, 0.15) is 5.75 Å². The summed E-state index contributed by atoms with van der Waals surface area (Å²) in [5.74, 6) is 1.45. The highest BCUT2D eigenvalue weighted by atomic mass is 127. The van der Waals surface area contributed by atoms with Gasteiger partial charge in [0.2, 0.25) is 0 Å². The number of rotatable bonds is 4. The SMILES string of the molecule is C=[C]c1cc(I)cc(OCC(C)C)c1. The third-order valence-electron chi connectivity index (χ3n) is 1.66. The molecule has 1 aromatic rings. The Morgan fingerprint density at radius 1 is 1.43 bits per heavy atom. The van der Waals surface area contributed by atoms with Crippen LogP contribution in [0.2, 0.25) is 0 Å². The van der Waals surface area contributed by atoms with Crippen molar-refractivity contribution in [1.29, 1.82) is 0 Å². The molecule has 0 saturated heterocycles. The third kappa shape index (κ3) is 3.70. The van der Waals surface area contributed by atoms with E-state index in [-0.39, 0.29) is 0 Å². The third-order valence-corrected chi connectivity index (χ3v) is 2.28. The summed E-state index contributed by atoms with van der Waals surface area (Å²) in [5.41, 5.74) is 0.982. The van der Waals surface area contributed by atoms with Crippen molar-refractivity contribution >= 4 is 22.6 Å². The molecule has 1 rings (SSSR count). The van der Waals surface area contributed by atoms with Gasteiger partial charge in [-0.3, -0.25) is 0 Å². The smallest absolute Gasteiger partial charge is 0.120 e. The van der Waals surface area contributed by atoms with Gasteiger partial charge < -0.3 is 4.74 Å². The van der Waals surface area contributed by atoms with E-state index >= 15 is 0 Å². The molecule has 2 heteroatoms. The summed E-state index contributed by atoms with van der Waals surface area (Å²) in [6, 6.07) is 6.00. The second-order valence-corrected chi connectivity index (χ2v) is 4.80. The van der Waals surface area contributed by atoms with Crippen LogP contribution in [0.4, 0.5) is 0 Å². The molecule has 1 nitrogen and oxygen atoms in total. The Kier molecular flexibility index (Phi) is 4.45. The van der Waals surface area contributed by atoms with E-state index in [9.17, 15) is 0 Å². The number of ether oxygens (including phenoxy) is 1. The van der Waals surface area contributed by atoms with E-state index in [1.165, 1.54) is 0 Å². The van der Waals surface area contributed by atoms with Crippen LogP contribution in [0.25, 0.3) is 0 Å². The maximum absolute atomic E-state index is 5.62. The Morgan fingerprint density at radius 3 is 2.71 bits per heavy atom. The van der Waals surface area contributed by atoms with Crippen LogP contribution in [0.15, 0.2) is 24.8 Å². The monoisotopic (exact) mass is 301 g/mol. The lowest BCUT2D eigenvalue weighted by molar-refractivity contribution is 0.271. The molecule has 1 aromatic carbocycles. The van der Waals surface area contributed by atoms with Crippen LogP contribution in [0.1, 0.15) is 19.4 Å². The average Bonchev–Trinajstić information content (AvgIpc) is 2.14. The molecular weight excluding hydrogens is 287 g/mol. The molecule has 0 aliphatic carbocycles. The minimum atomic E-state index is 0.545. The largest absolute Gasteiger partial charge is 0.493 e. The first-order valence-corrected chi connectivity index (χ1v) is 5.66. The maximum Gasteiger partial charge on any atom is 0.120 e. The zero-order chi connectivity index (χ0) is 10.6. The summed E-state index contributed by atoms with van der Waals surface area (Å²) in [4.78, 5) is 0. The Labute approximate surface area is 99.3 Å². The van der Waals surface area contributed by atoms with Gasteiger partial charge >= 0.3 is 0 Å². The first-order chi connectivity index (χ1) is 6.61. The van der Waals surface area contributed by atoms with E-state index in [1.54, 1.807) is 0 Å². The van der Waals surface area contributed by atoms with E-state index in [4.69, 9.17) is 4.74 Å². The van der Waals surface area contributed by atoms with Gasteiger partial charge in [-0.2, -0.15) is 0 Å². The van der Waals surface area contributed by atoms with Gasteiger partial charge in [0, 0.05) is 3.57 Å². The Morgan fingerprint density at radius 2 is 2.14 bits per heavy atom. The van der Waals surface area contributed by atoms with Crippen molar-refractivity contribution in [3.8, 4) is 5.75 Å². The molecular formula is C12H14IO. The molecule has 1 radical (unpaired) electrons. The highest BCUT2D eigenvalue weighted by Gasteiger charge is 2.00. The minimum absolute atomic E-state index is 0.545. The summed E-state index contributed by atoms with van der Waals surface area (Å²) in [6.45, 7) is 8.64. The number of hydrogen-bond acceptors (Lipinski definition) is 1. The zero-order valence-corrected chi connectivity index (χ0v) is 10.7. The van der Waals surface area contributed by atoms with Crippen molar-refractivity contribution in [2.24, 2.45) is 5.92 Å². The van der Waals surface area contributed by atoms with Crippen molar-refractivity contribution in [1.82, 2.24) is 0 Å². The maximum atomic E-state index is 5.62. The molecule has 0 saturated carbocycles. The standard InChI is InChI=1S/C12H14IO/c1-4-10-5-11(13)7-12(6-10)14-8-9(2)3/h5-7,9H,1,8H2,2-3H3. The molecule has 0 fully saturated rings. The van der Waals surface area contributed by atoms with Gasteiger partial charge in [0.15, 0.2) is 0 Å². The molecule has 0 aromatic heterocycles. The fraction of sp³-hybridized carbons (Fsp3) is 0.333. The van der Waals surface area contributed by atoms with E-state index in [0.717, 1.165) is 21.5 Å². The second-order valence-electron chi connectivity index (χ2n) is 3.56. The van der Waals surface area contributed by atoms with E-state index in [1.807, 2.05) is 18.2 Å². The van der Waals surface area contributed by atoms with E-state index in [0.29, 0.717) is 5.92 Å². The second kappa shape index (κ2) is 5.39. The van der Waals surface area contributed by atoms with Crippen molar-refractivity contribution in [2.45, 2.75) is 13.8 Å². The summed E-state index contributed by atoms with van der Waals surface area (Å²) < 4.78 is 6.77. The Bertz CT molecular complexity index is 318. The molecule has 0 heterocycles. The average molecular weight is 301 g/mol. The van der Waals surface area contributed by atoms with E-state index in [2.05, 4.69) is 49.1 Å². The number of benzene rings is 1. The van der Waals surface area contributed by atoms with Gasteiger partial charge in [-0.25, -0.2) is 0 Å². The Balaban J connectivity index is 2.76. The first-order valence-electron chi connectivity index (χ1n) is 4.58. The Hall–Kier alpha value is -0.510. The molecule has 0 N–H and O–H groups in total. The van der Waals surface area contributed by atoms with Crippen LogP contribution >= 0.6 is 22.6 Å². The van der Waals surface area contributed by atoms with Gasteiger partial charge in [-0.15, -0.1) is 0 Å². The van der Waals surface area contributed by atoms with E-state index < -0.39 is 0 Å². The summed E-state index contributed by atoms with van der Waals surface area (Å²) in [7, 11) is 0. The number of halogens is 1. The lowest BCUT2D eigenvalue weighted by Crippen LogP contribution is -2.04. The topological polar surface area (TPSA) is 9.23 Å². The first kappa shape index (κ1) is 11.6. The molecule has 0 aliphatic heterocycles. The molecule has 14 heavy (non-hydrogen) atoms. The van der Waals surface area contributed by atoms with Gasteiger partial charge in [0.25, 0.3) is 0 Å². The van der Waals surface area contributed by atoms with Gasteiger partial charge in [-0.05, 0) is 58.3 Å². The molecule has 0 atom stereocenters. The van der Waals surface area contributed by atoms with Gasteiger partial charge in [0.05, 0.1) is 6.61 Å². The normalized spacial score (nSPS) is 10.3. The summed E-state index contributed by atoms with van der Waals surface area (Å²) >= 11 is 2.26. The lowest BCUT2D eigenvalue weighted by Gasteiger charge is -2.09. The van der Waals surface area contributed by atoms with Crippen LogP contribution in [0.5, 0.6) is 5.75 Å².